The molecule has 0 bridgehead atoms. The molecule has 0 unspecified atom stereocenters. The molecule has 0 saturated carbocycles. The highest BCUT2D eigenvalue weighted by Gasteiger charge is 2.15. The third kappa shape index (κ3) is 4.07. The van der Waals surface area contributed by atoms with Crippen molar-refractivity contribution in [2.75, 3.05) is 18.0 Å². The van der Waals surface area contributed by atoms with Crippen molar-refractivity contribution in [2.24, 2.45) is 0 Å². The van der Waals surface area contributed by atoms with E-state index >= 15 is 0 Å². The van der Waals surface area contributed by atoms with Crippen LogP contribution in [0.25, 0.3) is 0 Å². The normalized spacial score (nSPS) is 10.0. The molecule has 0 atom stereocenters. The van der Waals surface area contributed by atoms with E-state index in [0.29, 0.717) is 5.69 Å². The Kier molecular flexibility index (Phi) is 4.51. The highest BCUT2D eigenvalue weighted by Crippen LogP contribution is 2.23. The molecule has 0 spiro atoms. The lowest BCUT2D eigenvalue weighted by Gasteiger charge is -2.22. The zero-order valence-electron chi connectivity index (χ0n) is 9.18. The molecular formula is C11H12BrNO4. The summed E-state index contributed by atoms with van der Waals surface area (Å²) < 4.78 is 0.865. The summed E-state index contributed by atoms with van der Waals surface area (Å²) in [6.45, 7) is 1.13. The lowest BCUT2D eigenvalue weighted by Crippen LogP contribution is -2.34. The predicted molar refractivity (Wildman–Crippen MR) is 66.4 cm³/mol. The van der Waals surface area contributed by atoms with Crippen molar-refractivity contribution in [2.45, 2.75) is 6.92 Å². The van der Waals surface area contributed by atoms with Gasteiger partial charge in [0.05, 0.1) is 0 Å². The number of anilines is 1. The van der Waals surface area contributed by atoms with E-state index in [0.717, 1.165) is 10.0 Å². The third-order valence-electron chi connectivity index (χ3n) is 2.15. The summed E-state index contributed by atoms with van der Waals surface area (Å²) in [4.78, 5) is 22.7. The molecule has 0 aliphatic carbocycles. The maximum Gasteiger partial charge on any atom is 0.323 e. The van der Waals surface area contributed by atoms with Crippen molar-refractivity contribution in [3.63, 3.8) is 0 Å². The SMILES string of the molecule is Cc1cc(Br)ccc1N(CC(=O)O)CC(=O)O. The fraction of sp³-hybridized carbons (Fsp3) is 0.273. The second kappa shape index (κ2) is 5.67. The molecule has 0 radical (unpaired) electrons. The number of benzene rings is 1. The molecule has 0 fully saturated rings. The molecule has 0 aliphatic heterocycles. The predicted octanol–water partition coefficient (Wildman–Crippen LogP) is 1.73. The number of carboxylic acid groups (broad SMARTS) is 2. The van der Waals surface area contributed by atoms with Crippen LogP contribution in [-0.2, 0) is 9.59 Å². The monoisotopic (exact) mass is 301 g/mol. The molecule has 0 aliphatic rings. The zero-order valence-corrected chi connectivity index (χ0v) is 10.8. The van der Waals surface area contributed by atoms with E-state index in [1.165, 1.54) is 4.90 Å². The smallest absolute Gasteiger partial charge is 0.323 e. The van der Waals surface area contributed by atoms with E-state index in [4.69, 9.17) is 10.2 Å². The van der Waals surface area contributed by atoms with Gasteiger partial charge in [-0.1, -0.05) is 15.9 Å². The summed E-state index contributed by atoms with van der Waals surface area (Å²) >= 11 is 3.30. The minimum Gasteiger partial charge on any atom is -0.480 e. The van der Waals surface area contributed by atoms with Crippen LogP contribution in [0.1, 0.15) is 5.56 Å². The molecule has 92 valence electrons. The van der Waals surface area contributed by atoms with Crippen molar-refractivity contribution in [1.82, 2.24) is 0 Å². The van der Waals surface area contributed by atoms with Gasteiger partial charge in [0.15, 0.2) is 0 Å². The van der Waals surface area contributed by atoms with Gasteiger partial charge in [0, 0.05) is 10.2 Å². The molecule has 1 aromatic carbocycles. The standard InChI is InChI=1S/C11H12BrNO4/c1-7-4-8(12)2-3-9(7)13(5-10(14)15)6-11(16)17/h2-4H,5-6H2,1H3,(H,14,15)(H,16,17). The Morgan fingerprint density at radius 1 is 1.24 bits per heavy atom. The van der Waals surface area contributed by atoms with Gasteiger partial charge in [-0.2, -0.15) is 0 Å². The van der Waals surface area contributed by atoms with E-state index in [1.807, 2.05) is 6.07 Å². The number of nitrogens with zero attached hydrogens (tertiary/aromatic N) is 1. The molecule has 5 nitrogen and oxygen atoms in total. The van der Waals surface area contributed by atoms with Crippen LogP contribution in [-0.4, -0.2) is 35.2 Å². The van der Waals surface area contributed by atoms with Crippen molar-refractivity contribution in [3.05, 3.63) is 28.2 Å². The second-order valence-corrected chi connectivity index (χ2v) is 4.49. The van der Waals surface area contributed by atoms with Crippen LogP contribution < -0.4 is 4.90 Å². The van der Waals surface area contributed by atoms with E-state index in [1.54, 1.807) is 19.1 Å². The van der Waals surface area contributed by atoms with E-state index < -0.39 is 11.9 Å². The van der Waals surface area contributed by atoms with Crippen LogP contribution in [0.15, 0.2) is 22.7 Å². The van der Waals surface area contributed by atoms with E-state index in [9.17, 15) is 9.59 Å². The average Bonchev–Trinajstić information content (AvgIpc) is 2.14. The molecule has 0 saturated heterocycles. The first-order valence-electron chi connectivity index (χ1n) is 4.85. The number of halogens is 1. The van der Waals surface area contributed by atoms with E-state index in [2.05, 4.69) is 15.9 Å². The van der Waals surface area contributed by atoms with Crippen molar-refractivity contribution in [3.8, 4) is 0 Å². The number of hydrogen-bond donors (Lipinski definition) is 2. The Hall–Kier alpha value is -1.56. The summed E-state index contributed by atoms with van der Waals surface area (Å²) in [6.07, 6.45) is 0. The first-order valence-corrected chi connectivity index (χ1v) is 5.64. The van der Waals surface area contributed by atoms with Gasteiger partial charge in [-0.05, 0) is 30.7 Å². The van der Waals surface area contributed by atoms with Crippen LogP contribution >= 0.6 is 15.9 Å². The number of carboxylic acids is 2. The molecule has 6 heteroatoms. The topological polar surface area (TPSA) is 77.8 Å². The van der Waals surface area contributed by atoms with Crippen LogP contribution in [0, 0.1) is 6.92 Å². The van der Waals surface area contributed by atoms with Gasteiger partial charge in [-0.25, -0.2) is 0 Å². The number of rotatable bonds is 5. The number of aliphatic carboxylic acids is 2. The van der Waals surface area contributed by atoms with Crippen molar-refractivity contribution >= 4 is 33.6 Å². The summed E-state index contributed by atoms with van der Waals surface area (Å²) in [7, 11) is 0. The van der Waals surface area contributed by atoms with Gasteiger partial charge in [-0.15, -0.1) is 0 Å². The maximum absolute atomic E-state index is 10.7. The Labute approximate surface area is 107 Å². The maximum atomic E-state index is 10.7. The van der Waals surface area contributed by atoms with Crippen molar-refractivity contribution < 1.29 is 19.8 Å². The van der Waals surface area contributed by atoms with Crippen LogP contribution in [0.5, 0.6) is 0 Å². The van der Waals surface area contributed by atoms with E-state index in [-0.39, 0.29) is 13.1 Å². The Balaban J connectivity index is 3.02. The minimum atomic E-state index is -1.06. The van der Waals surface area contributed by atoms with Gasteiger partial charge in [0.2, 0.25) is 0 Å². The summed E-state index contributed by atoms with van der Waals surface area (Å²) in [5, 5.41) is 17.5. The molecule has 1 aromatic rings. The average molecular weight is 302 g/mol. The molecule has 1 rings (SSSR count). The highest BCUT2D eigenvalue weighted by atomic mass is 79.9. The lowest BCUT2D eigenvalue weighted by molar-refractivity contribution is -0.136. The molecule has 2 N–H and O–H groups in total. The Morgan fingerprint density at radius 3 is 2.18 bits per heavy atom. The number of aryl methyl sites for hydroxylation is 1. The van der Waals surface area contributed by atoms with Crippen LogP contribution in [0.3, 0.4) is 0 Å². The van der Waals surface area contributed by atoms with Crippen molar-refractivity contribution in [1.29, 1.82) is 0 Å². The number of hydrogen-bond acceptors (Lipinski definition) is 3. The summed E-state index contributed by atoms with van der Waals surface area (Å²) in [5.74, 6) is -2.12. The Bertz CT molecular complexity index is 431. The summed E-state index contributed by atoms with van der Waals surface area (Å²) in [6, 6.07) is 5.26. The van der Waals surface area contributed by atoms with Gasteiger partial charge in [-0.3, -0.25) is 9.59 Å². The Morgan fingerprint density at radius 2 is 1.76 bits per heavy atom. The van der Waals surface area contributed by atoms with Gasteiger partial charge in [0.1, 0.15) is 13.1 Å². The summed E-state index contributed by atoms with van der Waals surface area (Å²) in [5.41, 5.74) is 1.43. The van der Waals surface area contributed by atoms with Gasteiger partial charge in [0.25, 0.3) is 0 Å². The molecule has 0 heterocycles. The zero-order chi connectivity index (χ0) is 13.0. The van der Waals surface area contributed by atoms with Crippen LogP contribution in [0.2, 0.25) is 0 Å². The molecular weight excluding hydrogens is 290 g/mol. The van der Waals surface area contributed by atoms with Gasteiger partial charge >= 0.3 is 11.9 Å². The highest BCUT2D eigenvalue weighted by molar-refractivity contribution is 9.10. The molecule has 0 amide bonds. The first kappa shape index (κ1) is 13.5. The quantitative estimate of drug-likeness (QED) is 0.866. The van der Waals surface area contributed by atoms with Gasteiger partial charge < -0.3 is 15.1 Å². The fourth-order valence-electron chi connectivity index (χ4n) is 1.53. The third-order valence-corrected chi connectivity index (χ3v) is 2.65. The molecule has 0 aromatic heterocycles. The largest absolute Gasteiger partial charge is 0.480 e. The first-order chi connectivity index (χ1) is 7.90. The second-order valence-electron chi connectivity index (χ2n) is 3.57. The minimum absolute atomic E-state index is 0.339. The number of carbonyl (C=O) groups is 2. The molecule has 17 heavy (non-hydrogen) atoms. The lowest BCUT2D eigenvalue weighted by atomic mass is 10.2. The van der Waals surface area contributed by atoms with Crippen LogP contribution in [0.4, 0.5) is 5.69 Å². The fourth-order valence-corrected chi connectivity index (χ4v) is 2.00.